The van der Waals surface area contributed by atoms with Crippen LogP contribution in [0.1, 0.15) is 19.3 Å². The predicted molar refractivity (Wildman–Crippen MR) is 55.9 cm³/mol. The van der Waals surface area contributed by atoms with Gasteiger partial charge in [-0.05, 0) is 25.0 Å². The molecule has 0 saturated carbocycles. The zero-order valence-electron chi connectivity index (χ0n) is 8.67. The highest BCUT2D eigenvalue weighted by Gasteiger charge is 2.05. The Morgan fingerprint density at radius 2 is 2.00 bits per heavy atom. The SMILES string of the molecule is O=C(CCCCO)Nc1ccc(F)c(F)c1. The average Bonchev–Trinajstić information content (AvgIpc) is 2.24. The number of aliphatic hydroxyl groups excluding tert-OH is 1. The van der Waals surface area contributed by atoms with Crippen LogP contribution in [0.2, 0.25) is 0 Å². The van der Waals surface area contributed by atoms with E-state index in [0.717, 1.165) is 12.1 Å². The summed E-state index contributed by atoms with van der Waals surface area (Å²) < 4.78 is 25.3. The van der Waals surface area contributed by atoms with E-state index >= 15 is 0 Å². The highest BCUT2D eigenvalue weighted by molar-refractivity contribution is 5.90. The third kappa shape index (κ3) is 3.94. The van der Waals surface area contributed by atoms with Gasteiger partial charge in [0.05, 0.1) is 0 Å². The topological polar surface area (TPSA) is 49.3 Å². The number of carbonyl (C=O) groups excluding carboxylic acids is 1. The van der Waals surface area contributed by atoms with Crippen LogP contribution in [0.5, 0.6) is 0 Å². The highest BCUT2D eigenvalue weighted by atomic mass is 19.2. The van der Waals surface area contributed by atoms with Gasteiger partial charge in [0.2, 0.25) is 5.91 Å². The maximum atomic E-state index is 12.8. The number of amides is 1. The predicted octanol–water partition coefficient (Wildman–Crippen LogP) is 2.07. The van der Waals surface area contributed by atoms with Crippen molar-refractivity contribution in [3.63, 3.8) is 0 Å². The van der Waals surface area contributed by atoms with Crippen molar-refractivity contribution in [2.75, 3.05) is 11.9 Å². The quantitative estimate of drug-likeness (QED) is 0.759. The van der Waals surface area contributed by atoms with Gasteiger partial charge in [0.15, 0.2) is 11.6 Å². The third-order valence-electron chi connectivity index (χ3n) is 2.02. The van der Waals surface area contributed by atoms with E-state index < -0.39 is 11.6 Å². The molecule has 0 aliphatic rings. The number of nitrogens with one attached hydrogen (secondary N) is 1. The minimum Gasteiger partial charge on any atom is -0.396 e. The van der Waals surface area contributed by atoms with E-state index in [9.17, 15) is 13.6 Å². The molecule has 88 valence electrons. The summed E-state index contributed by atoms with van der Waals surface area (Å²) >= 11 is 0. The Kier molecular flexibility index (Phi) is 4.85. The van der Waals surface area contributed by atoms with E-state index in [0.29, 0.717) is 12.8 Å². The zero-order valence-corrected chi connectivity index (χ0v) is 8.67. The van der Waals surface area contributed by atoms with E-state index in [-0.39, 0.29) is 24.6 Å². The normalized spacial score (nSPS) is 10.2. The lowest BCUT2D eigenvalue weighted by Gasteiger charge is -2.05. The summed E-state index contributed by atoms with van der Waals surface area (Å²) in [4.78, 5) is 11.3. The molecule has 0 fully saturated rings. The smallest absolute Gasteiger partial charge is 0.224 e. The molecule has 5 heteroatoms. The standard InChI is InChI=1S/C11H13F2NO2/c12-9-5-4-8(7-10(9)13)14-11(16)3-1-2-6-15/h4-5,7,15H,1-3,6H2,(H,14,16). The van der Waals surface area contributed by atoms with Gasteiger partial charge < -0.3 is 10.4 Å². The molecule has 3 nitrogen and oxygen atoms in total. The molecule has 1 amide bonds. The molecule has 1 aromatic rings. The fraction of sp³-hybridized carbons (Fsp3) is 0.364. The van der Waals surface area contributed by atoms with Crippen molar-refractivity contribution in [2.24, 2.45) is 0 Å². The first-order chi connectivity index (χ1) is 7.63. The lowest BCUT2D eigenvalue weighted by Crippen LogP contribution is -2.11. The summed E-state index contributed by atoms with van der Waals surface area (Å²) in [6, 6.07) is 3.18. The largest absolute Gasteiger partial charge is 0.396 e. The van der Waals surface area contributed by atoms with Crippen molar-refractivity contribution >= 4 is 11.6 Å². The second-order valence-electron chi connectivity index (χ2n) is 3.36. The van der Waals surface area contributed by atoms with Crippen LogP contribution in [0.15, 0.2) is 18.2 Å². The van der Waals surface area contributed by atoms with Crippen LogP contribution in [0.3, 0.4) is 0 Å². The first kappa shape index (κ1) is 12.6. The van der Waals surface area contributed by atoms with Gasteiger partial charge in [-0.2, -0.15) is 0 Å². The monoisotopic (exact) mass is 229 g/mol. The molecule has 0 aromatic heterocycles. The van der Waals surface area contributed by atoms with Crippen molar-refractivity contribution in [2.45, 2.75) is 19.3 Å². The Morgan fingerprint density at radius 1 is 1.25 bits per heavy atom. The van der Waals surface area contributed by atoms with Gasteiger partial charge in [0.1, 0.15) is 0 Å². The van der Waals surface area contributed by atoms with E-state index in [1.807, 2.05) is 0 Å². The summed E-state index contributed by atoms with van der Waals surface area (Å²) in [5.41, 5.74) is 0.230. The molecule has 0 heterocycles. The number of hydrogen-bond donors (Lipinski definition) is 2. The molecule has 0 aliphatic heterocycles. The number of unbranched alkanes of at least 4 members (excludes halogenated alkanes) is 1. The summed E-state index contributed by atoms with van der Waals surface area (Å²) in [6.07, 6.45) is 1.36. The fourth-order valence-electron chi connectivity index (χ4n) is 1.19. The first-order valence-electron chi connectivity index (χ1n) is 4.99. The molecule has 1 aromatic carbocycles. The number of aliphatic hydroxyl groups is 1. The fourth-order valence-corrected chi connectivity index (χ4v) is 1.19. The summed E-state index contributed by atoms with van der Waals surface area (Å²) in [7, 11) is 0. The lowest BCUT2D eigenvalue weighted by molar-refractivity contribution is -0.116. The van der Waals surface area contributed by atoms with Crippen LogP contribution in [0.25, 0.3) is 0 Å². The molecule has 0 saturated heterocycles. The van der Waals surface area contributed by atoms with Crippen molar-refractivity contribution in [1.82, 2.24) is 0 Å². The number of hydrogen-bond acceptors (Lipinski definition) is 2. The van der Waals surface area contributed by atoms with Crippen LogP contribution in [-0.2, 0) is 4.79 Å². The van der Waals surface area contributed by atoms with E-state index in [2.05, 4.69) is 5.32 Å². The number of halogens is 2. The molecule has 0 aliphatic carbocycles. The Morgan fingerprint density at radius 3 is 2.62 bits per heavy atom. The Balaban J connectivity index is 2.46. The van der Waals surface area contributed by atoms with Gasteiger partial charge in [-0.25, -0.2) is 8.78 Å². The van der Waals surface area contributed by atoms with Gasteiger partial charge in [0, 0.05) is 24.8 Å². The Hall–Kier alpha value is -1.49. The lowest BCUT2D eigenvalue weighted by atomic mass is 10.2. The molecule has 0 bridgehead atoms. The molecule has 0 spiro atoms. The van der Waals surface area contributed by atoms with Crippen molar-refractivity contribution in [3.8, 4) is 0 Å². The number of rotatable bonds is 5. The summed E-state index contributed by atoms with van der Waals surface area (Å²) in [6.45, 7) is 0.0401. The Bertz CT molecular complexity index is 369. The summed E-state index contributed by atoms with van der Waals surface area (Å²) in [5, 5.41) is 11.0. The second kappa shape index (κ2) is 6.17. The number of benzene rings is 1. The third-order valence-corrected chi connectivity index (χ3v) is 2.02. The average molecular weight is 229 g/mol. The molecule has 2 N–H and O–H groups in total. The van der Waals surface area contributed by atoms with Crippen LogP contribution < -0.4 is 5.32 Å². The van der Waals surface area contributed by atoms with Gasteiger partial charge >= 0.3 is 0 Å². The number of anilines is 1. The Labute approximate surface area is 92.1 Å². The van der Waals surface area contributed by atoms with E-state index in [1.54, 1.807) is 0 Å². The first-order valence-corrected chi connectivity index (χ1v) is 4.99. The van der Waals surface area contributed by atoms with Gasteiger partial charge in [-0.15, -0.1) is 0 Å². The van der Waals surface area contributed by atoms with Crippen molar-refractivity contribution < 1.29 is 18.7 Å². The van der Waals surface area contributed by atoms with Crippen molar-refractivity contribution in [3.05, 3.63) is 29.8 Å². The molecular weight excluding hydrogens is 216 g/mol. The van der Waals surface area contributed by atoms with Crippen LogP contribution in [0.4, 0.5) is 14.5 Å². The van der Waals surface area contributed by atoms with Gasteiger partial charge in [-0.1, -0.05) is 0 Å². The van der Waals surface area contributed by atoms with Crippen LogP contribution in [-0.4, -0.2) is 17.6 Å². The number of carbonyl (C=O) groups is 1. The van der Waals surface area contributed by atoms with Crippen molar-refractivity contribution in [1.29, 1.82) is 0 Å². The molecule has 1 rings (SSSR count). The molecule has 0 atom stereocenters. The molecule has 0 radical (unpaired) electrons. The van der Waals surface area contributed by atoms with Gasteiger partial charge in [-0.3, -0.25) is 4.79 Å². The molecule has 0 unspecified atom stereocenters. The van der Waals surface area contributed by atoms with Gasteiger partial charge in [0.25, 0.3) is 0 Å². The van der Waals surface area contributed by atoms with E-state index in [4.69, 9.17) is 5.11 Å². The minimum absolute atomic E-state index is 0.0401. The minimum atomic E-state index is -0.992. The van der Waals surface area contributed by atoms with Crippen LogP contribution >= 0.6 is 0 Å². The maximum absolute atomic E-state index is 12.8. The van der Waals surface area contributed by atoms with Crippen LogP contribution in [0, 0.1) is 11.6 Å². The highest BCUT2D eigenvalue weighted by Crippen LogP contribution is 2.13. The molecule has 16 heavy (non-hydrogen) atoms. The zero-order chi connectivity index (χ0) is 12.0. The maximum Gasteiger partial charge on any atom is 0.224 e. The molecular formula is C11H13F2NO2. The summed E-state index contributed by atoms with van der Waals surface area (Å²) in [5.74, 6) is -2.22. The van der Waals surface area contributed by atoms with E-state index in [1.165, 1.54) is 6.07 Å². The second-order valence-corrected chi connectivity index (χ2v) is 3.36.